The van der Waals surface area contributed by atoms with E-state index >= 15 is 0 Å². The number of aromatic hydroxyl groups is 1. The van der Waals surface area contributed by atoms with Crippen molar-refractivity contribution < 1.29 is 5.11 Å². The highest BCUT2D eigenvalue weighted by Crippen LogP contribution is 2.33. The van der Waals surface area contributed by atoms with Crippen LogP contribution in [0.2, 0.25) is 5.02 Å². The third kappa shape index (κ3) is 4.50. The molecule has 4 aromatic rings. The van der Waals surface area contributed by atoms with E-state index in [1.807, 2.05) is 68.4 Å². The molecule has 7 heteroatoms. The number of anilines is 1. The Bertz CT molecular complexity index is 1530. The van der Waals surface area contributed by atoms with Crippen LogP contribution in [0, 0.1) is 13.8 Å². The Morgan fingerprint density at radius 2 is 1.64 bits per heavy atom. The van der Waals surface area contributed by atoms with Crippen LogP contribution in [0.1, 0.15) is 16.7 Å². The number of aliphatic imine (C=N–C) groups is 1. The molecule has 1 aromatic heterocycles. The lowest BCUT2D eigenvalue weighted by Crippen LogP contribution is -2.44. The van der Waals surface area contributed by atoms with E-state index in [-0.39, 0.29) is 11.4 Å². The van der Waals surface area contributed by atoms with Gasteiger partial charge >= 0.3 is 0 Å². The molecule has 1 saturated heterocycles. The molecule has 6 nitrogen and oxygen atoms in total. The Hall–Kier alpha value is -3.61. The van der Waals surface area contributed by atoms with Crippen LogP contribution >= 0.6 is 11.6 Å². The number of rotatable bonds is 4. The number of aryl methyl sites for hydroxylation is 2. The predicted octanol–water partition coefficient (Wildman–Crippen LogP) is 5.47. The molecule has 2 heterocycles. The first-order valence-corrected chi connectivity index (χ1v) is 12.4. The summed E-state index contributed by atoms with van der Waals surface area (Å²) in [5.41, 5.74) is 4.69. The molecule has 0 unspecified atom stereocenters. The largest absolute Gasteiger partial charge is 0.494 e. The first-order chi connectivity index (χ1) is 17.3. The number of aromatic nitrogens is 1. The van der Waals surface area contributed by atoms with Gasteiger partial charge in [0.05, 0.1) is 22.6 Å². The lowest BCUT2D eigenvalue weighted by molar-refractivity contribution is 0.313. The van der Waals surface area contributed by atoms with Gasteiger partial charge in [0.15, 0.2) is 0 Å². The molecule has 0 atom stereocenters. The zero-order valence-corrected chi connectivity index (χ0v) is 21.5. The van der Waals surface area contributed by atoms with Gasteiger partial charge in [-0.15, -0.1) is 0 Å². The average molecular weight is 501 g/mol. The minimum absolute atomic E-state index is 0.145. The summed E-state index contributed by atoms with van der Waals surface area (Å²) < 4.78 is 1.36. The minimum atomic E-state index is -0.274. The lowest BCUT2D eigenvalue weighted by Gasteiger charge is -2.34. The average Bonchev–Trinajstić information content (AvgIpc) is 2.87. The Kier molecular flexibility index (Phi) is 6.56. The Morgan fingerprint density at radius 3 is 2.36 bits per heavy atom. The highest BCUT2D eigenvalue weighted by Gasteiger charge is 2.19. The number of pyridine rings is 1. The Labute approximate surface area is 215 Å². The SMILES string of the molecule is Cc1ccc(-n2c(O)c(C=Nc3cc(Cl)ccc3N3CCN(C)CC3)c3ccccc3c2=O)cc1C. The molecule has 1 N–H and O–H groups in total. The summed E-state index contributed by atoms with van der Waals surface area (Å²) in [7, 11) is 2.12. The molecule has 36 heavy (non-hydrogen) atoms. The van der Waals surface area contributed by atoms with E-state index in [2.05, 4.69) is 16.8 Å². The highest BCUT2D eigenvalue weighted by molar-refractivity contribution is 6.31. The zero-order chi connectivity index (χ0) is 25.4. The van der Waals surface area contributed by atoms with Gasteiger partial charge in [0.2, 0.25) is 5.88 Å². The second kappa shape index (κ2) is 9.80. The van der Waals surface area contributed by atoms with E-state index in [4.69, 9.17) is 16.6 Å². The van der Waals surface area contributed by atoms with Crippen molar-refractivity contribution in [3.63, 3.8) is 0 Å². The van der Waals surface area contributed by atoms with Crippen molar-refractivity contribution in [3.8, 4) is 11.6 Å². The predicted molar refractivity (Wildman–Crippen MR) is 149 cm³/mol. The summed E-state index contributed by atoms with van der Waals surface area (Å²) in [6.45, 7) is 7.74. The van der Waals surface area contributed by atoms with Gasteiger partial charge in [-0.05, 0) is 68.4 Å². The molecule has 0 aliphatic carbocycles. The minimum Gasteiger partial charge on any atom is -0.494 e. The van der Waals surface area contributed by atoms with Gasteiger partial charge in [0.25, 0.3) is 5.56 Å². The van der Waals surface area contributed by atoms with Crippen LogP contribution < -0.4 is 10.5 Å². The number of nitrogens with zero attached hydrogens (tertiary/aromatic N) is 4. The van der Waals surface area contributed by atoms with E-state index in [1.54, 1.807) is 12.3 Å². The summed E-state index contributed by atoms with van der Waals surface area (Å²) in [5.74, 6) is -0.145. The van der Waals surface area contributed by atoms with Crippen molar-refractivity contribution >= 4 is 40.0 Å². The molecule has 0 spiro atoms. The van der Waals surface area contributed by atoms with E-state index in [0.29, 0.717) is 27.0 Å². The quantitative estimate of drug-likeness (QED) is 0.377. The lowest BCUT2D eigenvalue weighted by atomic mass is 10.1. The van der Waals surface area contributed by atoms with Crippen molar-refractivity contribution in [3.05, 3.63) is 92.7 Å². The number of likely N-dealkylation sites (N-methyl/N-ethyl adjacent to an activating group) is 1. The van der Waals surface area contributed by atoms with Crippen molar-refractivity contribution in [2.24, 2.45) is 4.99 Å². The topological polar surface area (TPSA) is 61.1 Å². The number of halogens is 1. The molecular weight excluding hydrogens is 472 g/mol. The van der Waals surface area contributed by atoms with Crippen molar-refractivity contribution in [2.75, 3.05) is 38.1 Å². The number of hydrogen-bond donors (Lipinski definition) is 1. The van der Waals surface area contributed by atoms with Gasteiger partial charge < -0.3 is 14.9 Å². The number of hydrogen-bond acceptors (Lipinski definition) is 5. The van der Waals surface area contributed by atoms with Gasteiger partial charge in [-0.25, -0.2) is 4.57 Å². The molecule has 0 saturated carbocycles. The fourth-order valence-electron chi connectivity index (χ4n) is 4.64. The Balaban J connectivity index is 1.66. The highest BCUT2D eigenvalue weighted by atomic mass is 35.5. The second-order valence-electron chi connectivity index (χ2n) is 9.37. The summed E-state index contributed by atoms with van der Waals surface area (Å²) >= 11 is 6.35. The first kappa shape index (κ1) is 24.1. The van der Waals surface area contributed by atoms with Gasteiger partial charge in [-0.2, -0.15) is 0 Å². The molecule has 5 rings (SSSR count). The molecule has 0 amide bonds. The van der Waals surface area contributed by atoms with Crippen LogP contribution in [-0.2, 0) is 0 Å². The molecule has 1 fully saturated rings. The number of piperazine rings is 1. The maximum Gasteiger partial charge on any atom is 0.265 e. The number of fused-ring (bicyclic) bond motifs is 1. The van der Waals surface area contributed by atoms with Crippen LogP contribution in [0.15, 0.2) is 70.5 Å². The van der Waals surface area contributed by atoms with E-state index in [0.717, 1.165) is 48.7 Å². The zero-order valence-electron chi connectivity index (χ0n) is 20.7. The first-order valence-electron chi connectivity index (χ1n) is 12.0. The molecular formula is C29H29ClN4O2. The maximum atomic E-state index is 13.4. The molecule has 184 valence electrons. The van der Waals surface area contributed by atoms with E-state index in [1.165, 1.54) is 4.57 Å². The third-order valence-electron chi connectivity index (χ3n) is 6.97. The molecule has 1 aliphatic rings. The summed E-state index contributed by atoms with van der Waals surface area (Å²) in [6.07, 6.45) is 1.64. The van der Waals surface area contributed by atoms with Crippen LogP contribution in [0.25, 0.3) is 16.5 Å². The fourth-order valence-corrected chi connectivity index (χ4v) is 4.81. The Morgan fingerprint density at radius 1 is 0.917 bits per heavy atom. The van der Waals surface area contributed by atoms with Crippen LogP contribution in [-0.4, -0.2) is 54.0 Å². The van der Waals surface area contributed by atoms with Crippen LogP contribution in [0.4, 0.5) is 11.4 Å². The van der Waals surface area contributed by atoms with Crippen molar-refractivity contribution in [2.45, 2.75) is 13.8 Å². The standard InChI is InChI=1S/C29H29ClN4O2/c1-19-8-10-22(16-20(19)2)34-28(35)24-7-5-4-6-23(24)25(29(34)36)18-31-26-17-21(30)9-11-27(26)33-14-12-32(3)13-15-33/h4-11,16-18,36H,12-15H2,1-3H3. The van der Waals surface area contributed by atoms with Crippen molar-refractivity contribution in [1.29, 1.82) is 0 Å². The molecule has 3 aromatic carbocycles. The summed E-state index contributed by atoms with van der Waals surface area (Å²) in [4.78, 5) is 22.8. The maximum absolute atomic E-state index is 13.4. The van der Waals surface area contributed by atoms with Crippen LogP contribution in [0.3, 0.4) is 0 Å². The normalized spacial score (nSPS) is 14.7. The summed E-state index contributed by atoms with van der Waals surface area (Å²) in [6, 6.07) is 18.7. The van der Waals surface area contributed by atoms with Crippen molar-refractivity contribution in [1.82, 2.24) is 9.47 Å². The van der Waals surface area contributed by atoms with E-state index < -0.39 is 0 Å². The van der Waals surface area contributed by atoms with Gasteiger partial charge in [-0.1, -0.05) is 35.9 Å². The fraction of sp³-hybridized carbons (Fsp3) is 0.241. The monoisotopic (exact) mass is 500 g/mol. The van der Waals surface area contributed by atoms with Crippen LogP contribution in [0.5, 0.6) is 5.88 Å². The van der Waals surface area contributed by atoms with E-state index in [9.17, 15) is 9.90 Å². The van der Waals surface area contributed by atoms with Gasteiger partial charge in [0.1, 0.15) is 0 Å². The molecule has 1 aliphatic heterocycles. The third-order valence-corrected chi connectivity index (χ3v) is 7.20. The van der Waals surface area contributed by atoms with Gasteiger partial charge in [0, 0.05) is 48.2 Å². The summed E-state index contributed by atoms with van der Waals surface area (Å²) in [5, 5.41) is 13.1. The smallest absolute Gasteiger partial charge is 0.265 e. The van der Waals surface area contributed by atoms with Gasteiger partial charge in [-0.3, -0.25) is 9.79 Å². The number of benzene rings is 3. The second-order valence-corrected chi connectivity index (χ2v) is 9.81. The molecule has 0 bridgehead atoms. The molecule has 0 radical (unpaired) electrons.